The number of carbonyl (C=O) groups excluding carboxylic acids is 1. The van der Waals surface area contributed by atoms with Crippen LogP contribution in [0.1, 0.15) is 31.9 Å². The minimum absolute atomic E-state index is 0.411. The van der Waals surface area contributed by atoms with E-state index in [4.69, 9.17) is 4.74 Å². The van der Waals surface area contributed by atoms with E-state index in [2.05, 4.69) is 34.9 Å². The molecule has 4 nitrogen and oxygen atoms in total. The van der Waals surface area contributed by atoms with Gasteiger partial charge < -0.3 is 10.1 Å². The molecule has 0 radical (unpaired) electrons. The number of anilines is 1. The Morgan fingerprint density at radius 3 is 2.58 bits per heavy atom. The number of nitrogens with one attached hydrogen (secondary N) is 2. The Labute approximate surface area is 143 Å². The molecule has 2 aromatic carbocycles. The van der Waals surface area contributed by atoms with E-state index in [0.29, 0.717) is 0 Å². The van der Waals surface area contributed by atoms with Gasteiger partial charge in [0, 0.05) is 12.1 Å². The summed E-state index contributed by atoms with van der Waals surface area (Å²) in [6.45, 7) is 7.35. The molecule has 4 heteroatoms. The van der Waals surface area contributed by atoms with E-state index in [1.807, 2.05) is 39.0 Å². The summed E-state index contributed by atoms with van der Waals surface area (Å²) in [4.78, 5) is 12.3. The van der Waals surface area contributed by atoms with Crippen molar-refractivity contribution < 1.29 is 9.53 Å². The van der Waals surface area contributed by atoms with Gasteiger partial charge in [-0.25, -0.2) is 4.79 Å². The molecule has 126 valence electrons. The lowest BCUT2D eigenvalue weighted by molar-refractivity contribution is 0.0636. The second kappa shape index (κ2) is 6.65. The van der Waals surface area contributed by atoms with Crippen LogP contribution in [0, 0.1) is 0 Å². The van der Waals surface area contributed by atoms with Gasteiger partial charge in [-0.05, 0) is 50.4 Å². The molecule has 1 aliphatic heterocycles. The van der Waals surface area contributed by atoms with Crippen LogP contribution in [0.15, 0.2) is 42.5 Å². The third kappa shape index (κ3) is 3.77. The maximum atomic E-state index is 12.3. The summed E-state index contributed by atoms with van der Waals surface area (Å²) in [5, 5.41) is 6.38. The summed E-state index contributed by atoms with van der Waals surface area (Å²) in [6.07, 6.45) is 0.479. The van der Waals surface area contributed by atoms with Crippen LogP contribution >= 0.6 is 0 Å². The highest BCUT2D eigenvalue weighted by molar-refractivity contribution is 5.93. The average Bonchev–Trinajstić information content (AvgIpc) is 2.54. The maximum Gasteiger partial charge on any atom is 0.412 e. The standard InChI is InChI=1S/C20H24N2O2/c1-20(2,3)24-19(23)22-18-16(14-7-5-4-6-8-14)10-9-15-13-21-12-11-17(15)18/h4-10,21H,11-13H2,1-3H3,(H,22,23). The SMILES string of the molecule is CC(C)(C)OC(=O)Nc1c(-c2ccccc2)ccc2c1CCNC2. The van der Waals surface area contributed by atoms with E-state index in [1.54, 1.807) is 0 Å². The Bertz CT molecular complexity index is 733. The Balaban J connectivity index is 2.02. The van der Waals surface area contributed by atoms with Gasteiger partial charge in [0.25, 0.3) is 0 Å². The van der Waals surface area contributed by atoms with Crippen molar-refractivity contribution in [2.75, 3.05) is 11.9 Å². The van der Waals surface area contributed by atoms with Crippen molar-refractivity contribution in [1.82, 2.24) is 5.32 Å². The molecule has 0 spiro atoms. The molecule has 1 heterocycles. The van der Waals surface area contributed by atoms with E-state index in [1.165, 1.54) is 11.1 Å². The van der Waals surface area contributed by atoms with Gasteiger partial charge in [0.2, 0.25) is 0 Å². The third-order valence-corrected chi connectivity index (χ3v) is 3.99. The summed E-state index contributed by atoms with van der Waals surface area (Å²) >= 11 is 0. The van der Waals surface area contributed by atoms with Crippen molar-refractivity contribution >= 4 is 11.8 Å². The molecule has 2 aromatic rings. The van der Waals surface area contributed by atoms with Crippen molar-refractivity contribution in [2.24, 2.45) is 0 Å². The van der Waals surface area contributed by atoms with Crippen LogP contribution in [0.2, 0.25) is 0 Å². The van der Waals surface area contributed by atoms with Crippen molar-refractivity contribution in [1.29, 1.82) is 0 Å². The van der Waals surface area contributed by atoms with Crippen molar-refractivity contribution in [3.8, 4) is 11.1 Å². The smallest absolute Gasteiger partial charge is 0.412 e. The minimum atomic E-state index is -0.520. The molecule has 0 atom stereocenters. The lowest BCUT2D eigenvalue weighted by Crippen LogP contribution is -2.29. The van der Waals surface area contributed by atoms with Crippen LogP contribution in [-0.2, 0) is 17.7 Å². The number of ether oxygens (including phenoxy) is 1. The molecule has 0 aliphatic carbocycles. The molecule has 3 rings (SSSR count). The molecule has 0 aromatic heterocycles. The number of hydrogen-bond acceptors (Lipinski definition) is 3. The first-order valence-corrected chi connectivity index (χ1v) is 8.35. The van der Waals surface area contributed by atoms with Crippen LogP contribution in [0.3, 0.4) is 0 Å². The zero-order valence-corrected chi connectivity index (χ0v) is 14.5. The van der Waals surface area contributed by atoms with E-state index in [-0.39, 0.29) is 0 Å². The topological polar surface area (TPSA) is 50.4 Å². The van der Waals surface area contributed by atoms with Gasteiger partial charge in [-0.3, -0.25) is 5.32 Å². The van der Waals surface area contributed by atoms with Crippen LogP contribution in [0.25, 0.3) is 11.1 Å². The number of hydrogen-bond donors (Lipinski definition) is 2. The molecule has 1 amide bonds. The first kappa shape index (κ1) is 16.5. The van der Waals surface area contributed by atoms with Gasteiger partial charge in [0.1, 0.15) is 5.60 Å². The zero-order valence-electron chi connectivity index (χ0n) is 14.5. The normalized spacial score (nSPS) is 14.0. The van der Waals surface area contributed by atoms with Gasteiger partial charge in [-0.15, -0.1) is 0 Å². The van der Waals surface area contributed by atoms with Crippen LogP contribution < -0.4 is 10.6 Å². The summed E-state index contributed by atoms with van der Waals surface area (Å²) < 4.78 is 5.46. The molecular formula is C20H24N2O2. The predicted molar refractivity (Wildman–Crippen MR) is 97.1 cm³/mol. The van der Waals surface area contributed by atoms with E-state index in [9.17, 15) is 4.79 Å². The number of amides is 1. The number of benzene rings is 2. The quantitative estimate of drug-likeness (QED) is 0.863. The molecule has 0 unspecified atom stereocenters. The Kier molecular flexibility index (Phi) is 4.58. The number of rotatable bonds is 2. The van der Waals surface area contributed by atoms with E-state index < -0.39 is 11.7 Å². The highest BCUT2D eigenvalue weighted by atomic mass is 16.6. The fraction of sp³-hybridized carbons (Fsp3) is 0.350. The predicted octanol–water partition coefficient (Wildman–Crippen LogP) is 4.35. The van der Waals surface area contributed by atoms with E-state index in [0.717, 1.165) is 36.3 Å². The lowest BCUT2D eigenvalue weighted by Gasteiger charge is -2.25. The molecule has 24 heavy (non-hydrogen) atoms. The second-order valence-electron chi connectivity index (χ2n) is 7.05. The Morgan fingerprint density at radius 1 is 1.12 bits per heavy atom. The number of carbonyl (C=O) groups is 1. The van der Waals surface area contributed by atoms with Gasteiger partial charge in [-0.2, -0.15) is 0 Å². The fourth-order valence-electron chi connectivity index (χ4n) is 2.99. The fourth-order valence-corrected chi connectivity index (χ4v) is 2.99. The molecule has 0 bridgehead atoms. The van der Waals surface area contributed by atoms with Gasteiger partial charge >= 0.3 is 6.09 Å². The Hall–Kier alpha value is -2.33. The first-order valence-electron chi connectivity index (χ1n) is 8.35. The molecule has 1 aliphatic rings. The molecule has 2 N–H and O–H groups in total. The van der Waals surface area contributed by atoms with Gasteiger partial charge in [-0.1, -0.05) is 42.5 Å². The largest absolute Gasteiger partial charge is 0.444 e. The van der Waals surface area contributed by atoms with E-state index >= 15 is 0 Å². The van der Waals surface area contributed by atoms with Gasteiger partial charge in [0.05, 0.1) is 5.69 Å². The van der Waals surface area contributed by atoms with Crippen LogP contribution in [0.4, 0.5) is 10.5 Å². The highest BCUT2D eigenvalue weighted by Crippen LogP contribution is 2.35. The summed E-state index contributed by atoms with van der Waals surface area (Å²) in [6, 6.07) is 14.3. The van der Waals surface area contributed by atoms with Gasteiger partial charge in [0.15, 0.2) is 0 Å². The zero-order chi connectivity index (χ0) is 17.2. The highest BCUT2D eigenvalue weighted by Gasteiger charge is 2.22. The van der Waals surface area contributed by atoms with Crippen molar-refractivity contribution in [3.63, 3.8) is 0 Å². The number of fused-ring (bicyclic) bond motifs is 1. The summed E-state index contributed by atoms with van der Waals surface area (Å²) in [5.41, 5.74) is 4.89. The van der Waals surface area contributed by atoms with Crippen LogP contribution in [0.5, 0.6) is 0 Å². The van der Waals surface area contributed by atoms with Crippen molar-refractivity contribution in [2.45, 2.75) is 39.3 Å². The lowest BCUT2D eigenvalue weighted by atomic mass is 9.92. The molecule has 0 saturated carbocycles. The second-order valence-corrected chi connectivity index (χ2v) is 7.05. The molecule has 0 fully saturated rings. The van der Waals surface area contributed by atoms with Crippen molar-refractivity contribution in [3.05, 3.63) is 53.6 Å². The molecule has 0 saturated heterocycles. The average molecular weight is 324 g/mol. The Morgan fingerprint density at radius 2 is 1.88 bits per heavy atom. The summed E-state index contributed by atoms with van der Waals surface area (Å²) in [5.74, 6) is 0. The monoisotopic (exact) mass is 324 g/mol. The minimum Gasteiger partial charge on any atom is -0.444 e. The molecular weight excluding hydrogens is 300 g/mol. The van der Waals surface area contributed by atoms with Crippen LogP contribution in [-0.4, -0.2) is 18.2 Å². The third-order valence-electron chi connectivity index (χ3n) is 3.99. The first-order chi connectivity index (χ1) is 11.4. The maximum absolute atomic E-state index is 12.3. The summed E-state index contributed by atoms with van der Waals surface area (Å²) in [7, 11) is 0.